The average molecular weight is 381 g/mol. The number of rotatable bonds is 3. The van der Waals surface area contributed by atoms with Crippen molar-refractivity contribution >= 4 is 34.5 Å². The van der Waals surface area contributed by atoms with E-state index >= 15 is 0 Å². The zero-order chi connectivity index (χ0) is 19.1. The Hall–Kier alpha value is -2.93. The lowest BCUT2D eigenvalue weighted by molar-refractivity contribution is -0.118. The molecule has 0 aliphatic carbocycles. The lowest BCUT2D eigenvalue weighted by Crippen LogP contribution is -2.26. The van der Waals surface area contributed by atoms with Crippen molar-refractivity contribution in [1.29, 1.82) is 0 Å². The monoisotopic (exact) mass is 381 g/mol. The zero-order valence-corrected chi connectivity index (χ0v) is 15.8. The normalized spacial score (nSPS) is 18.3. The molecule has 1 amide bonds. The van der Waals surface area contributed by atoms with Crippen LogP contribution >= 0.6 is 12.2 Å². The fraction of sp³-hybridized carbons (Fsp3) is 0.250. The van der Waals surface area contributed by atoms with Gasteiger partial charge >= 0.3 is 0 Å². The minimum absolute atomic E-state index is 0.0134. The van der Waals surface area contributed by atoms with Crippen LogP contribution in [0.4, 0.5) is 5.69 Å². The van der Waals surface area contributed by atoms with E-state index in [9.17, 15) is 9.90 Å². The Bertz CT molecular complexity index is 1000. The van der Waals surface area contributed by atoms with E-state index < -0.39 is 0 Å². The summed E-state index contributed by atoms with van der Waals surface area (Å²) >= 11 is 5.48. The molecule has 2 aliphatic rings. The van der Waals surface area contributed by atoms with Crippen LogP contribution in [0.2, 0.25) is 0 Å². The summed E-state index contributed by atoms with van der Waals surface area (Å²) in [6.45, 7) is 4.07. The van der Waals surface area contributed by atoms with E-state index in [2.05, 4.69) is 22.8 Å². The predicted molar refractivity (Wildman–Crippen MR) is 108 cm³/mol. The van der Waals surface area contributed by atoms with Gasteiger partial charge in [0.2, 0.25) is 0 Å². The van der Waals surface area contributed by atoms with Crippen LogP contribution in [-0.4, -0.2) is 28.3 Å². The third kappa shape index (κ3) is 3.04. The van der Waals surface area contributed by atoms with E-state index in [0.29, 0.717) is 27.7 Å². The highest BCUT2D eigenvalue weighted by Gasteiger charge is 2.32. The molecule has 0 radical (unpaired) electrons. The molecule has 2 heterocycles. The van der Waals surface area contributed by atoms with Crippen LogP contribution in [0, 0.1) is 6.92 Å². The Morgan fingerprint density at radius 2 is 2.15 bits per heavy atom. The van der Waals surface area contributed by atoms with Crippen LogP contribution in [0.15, 0.2) is 35.4 Å². The van der Waals surface area contributed by atoms with Crippen molar-refractivity contribution < 1.29 is 14.6 Å². The molecule has 2 aromatic rings. The first-order valence-corrected chi connectivity index (χ1v) is 9.15. The number of phenolic OH excluding ortho intramolecular Hbond substituents is 1. The van der Waals surface area contributed by atoms with Gasteiger partial charge in [-0.05, 0) is 54.3 Å². The van der Waals surface area contributed by atoms with Crippen LogP contribution in [-0.2, 0) is 11.2 Å². The molecule has 138 valence electrons. The lowest BCUT2D eigenvalue weighted by atomic mass is 9.88. The van der Waals surface area contributed by atoms with Gasteiger partial charge in [0, 0.05) is 5.56 Å². The second-order valence-corrected chi connectivity index (χ2v) is 7.09. The third-order valence-corrected chi connectivity index (χ3v) is 5.23. The maximum absolute atomic E-state index is 11.6. The highest BCUT2D eigenvalue weighted by Crippen LogP contribution is 2.36. The van der Waals surface area contributed by atoms with Gasteiger partial charge in [0.15, 0.2) is 6.61 Å². The number of aryl methyl sites for hydroxylation is 2. The summed E-state index contributed by atoms with van der Waals surface area (Å²) < 4.78 is 5.42. The molecule has 2 aromatic carbocycles. The number of amides is 1. The Labute approximate surface area is 162 Å². The van der Waals surface area contributed by atoms with Crippen molar-refractivity contribution in [3.05, 3.63) is 52.6 Å². The number of anilines is 1. The van der Waals surface area contributed by atoms with Gasteiger partial charge in [-0.2, -0.15) is 5.10 Å². The lowest BCUT2D eigenvalue weighted by Gasteiger charge is -2.21. The Morgan fingerprint density at radius 1 is 1.33 bits per heavy atom. The van der Waals surface area contributed by atoms with Gasteiger partial charge in [0.1, 0.15) is 16.5 Å². The van der Waals surface area contributed by atoms with Crippen molar-refractivity contribution in [2.75, 3.05) is 11.9 Å². The van der Waals surface area contributed by atoms with Crippen LogP contribution in [0.1, 0.15) is 35.1 Å². The van der Waals surface area contributed by atoms with Crippen molar-refractivity contribution in [3.8, 4) is 11.5 Å². The number of hydrogen-bond donors (Lipinski definition) is 3. The molecule has 0 aromatic heterocycles. The Morgan fingerprint density at radius 3 is 2.93 bits per heavy atom. The molecule has 0 spiro atoms. The van der Waals surface area contributed by atoms with Gasteiger partial charge in [0.05, 0.1) is 17.3 Å². The van der Waals surface area contributed by atoms with Gasteiger partial charge in [0.25, 0.3) is 5.91 Å². The maximum Gasteiger partial charge on any atom is 0.262 e. The van der Waals surface area contributed by atoms with E-state index in [1.807, 2.05) is 31.2 Å². The zero-order valence-electron chi connectivity index (χ0n) is 15.0. The van der Waals surface area contributed by atoms with E-state index in [1.54, 1.807) is 6.07 Å². The average Bonchev–Trinajstić information content (AvgIpc) is 3.02. The Kier molecular flexibility index (Phi) is 4.31. The minimum atomic E-state index is -0.317. The van der Waals surface area contributed by atoms with E-state index in [-0.39, 0.29) is 24.2 Å². The fourth-order valence-electron chi connectivity index (χ4n) is 3.50. The van der Waals surface area contributed by atoms with E-state index in [1.165, 1.54) is 0 Å². The van der Waals surface area contributed by atoms with Crippen molar-refractivity contribution in [2.24, 2.45) is 5.10 Å². The molecule has 0 fully saturated rings. The predicted octanol–water partition coefficient (Wildman–Crippen LogP) is 3.01. The molecule has 0 bridgehead atoms. The second-order valence-electron chi connectivity index (χ2n) is 6.65. The number of benzene rings is 2. The van der Waals surface area contributed by atoms with Crippen molar-refractivity contribution in [3.63, 3.8) is 0 Å². The molecule has 0 saturated carbocycles. The van der Waals surface area contributed by atoms with Crippen molar-refractivity contribution in [1.82, 2.24) is 5.43 Å². The van der Waals surface area contributed by atoms with Crippen LogP contribution in [0.5, 0.6) is 11.5 Å². The third-order valence-electron chi connectivity index (χ3n) is 4.90. The van der Waals surface area contributed by atoms with Gasteiger partial charge in [-0.1, -0.05) is 25.2 Å². The summed E-state index contributed by atoms with van der Waals surface area (Å²) in [6.07, 6.45) is 0.858. The number of hydrazone groups is 1. The first kappa shape index (κ1) is 17.5. The highest BCUT2D eigenvalue weighted by atomic mass is 32.1. The number of nitrogens with zero attached hydrogens (tertiary/aromatic N) is 1. The standard InChI is InChI=1S/C20H19N3O3S/c1-3-11-7-13(15(24)6-10(11)2)19-18(20(27)23-22-19)12-4-5-16-14(8-12)21-17(25)9-26-16/h4-8,18,24H,3,9H2,1-2H3,(H,21,25)(H,23,27). The maximum atomic E-state index is 11.6. The minimum Gasteiger partial charge on any atom is -0.507 e. The number of nitrogens with one attached hydrogen (secondary N) is 2. The molecule has 4 rings (SSSR count). The highest BCUT2D eigenvalue weighted by molar-refractivity contribution is 7.80. The molecule has 6 nitrogen and oxygen atoms in total. The summed E-state index contributed by atoms with van der Waals surface area (Å²) in [5.74, 6) is 0.293. The summed E-state index contributed by atoms with van der Waals surface area (Å²) in [7, 11) is 0. The quantitative estimate of drug-likeness (QED) is 0.712. The second kappa shape index (κ2) is 6.66. The summed E-state index contributed by atoms with van der Waals surface area (Å²) in [5.41, 5.74) is 7.86. The number of carbonyl (C=O) groups excluding carboxylic acids is 1. The summed E-state index contributed by atoms with van der Waals surface area (Å²) in [6, 6.07) is 9.29. The molecular weight excluding hydrogens is 362 g/mol. The topological polar surface area (TPSA) is 83.0 Å². The molecular formula is C20H19N3O3S. The number of phenols is 1. The number of ether oxygens (including phenoxy) is 1. The number of aromatic hydroxyl groups is 1. The van der Waals surface area contributed by atoms with Gasteiger partial charge in [-0.3, -0.25) is 10.2 Å². The number of carbonyl (C=O) groups is 1. The molecule has 2 aliphatic heterocycles. The van der Waals surface area contributed by atoms with E-state index in [0.717, 1.165) is 23.1 Å². The van der Waals surface area contributed by atoms with E-state index in [4.69, 9.17) is 17.0 Å². The summed E-state index contributed by atoms with van der Waals surface area (Å²) in [4.78, 5) is 12.2. The Balaban J connectivity index is 1.77. The molecule has 1 atom stereocenters. The van der Waals surface area contributed by atoms with Crippen LogP contribution < -0.4 is 15.5 Å². The van der Waals surface area contributed by atoms with Gasteiger partial charge in [-0.25, -0.2) is 0 Å². The van der Waals surface area contributed by atoms with Crippen LogP contribution in [0.3, 0.4) is 0 Å². The first-order valence-electron chi connectivity index (χ1n) is 8.74. The molecule has 1 unspecified atom stereocenters. The first-order chi connectivity index (χ1) is 13.0. The van der Waals surface area contributed by atoms with Gasteiger partial charge in [-0.15, -0.1) is 0 Å². The molecule has 27 heavy (non-hydrogen) atoms. The number of fused-ring (bicyclic) bond motifs is 1. The smallest absolute Gasteiger partial charge is 0.262 e. The fourth-order valence-corrected chi connectivity index (χ4v) is 3.79. The molecule has 7 heteroatoms. The summed E-state index contributed by atoms with van der Waals surface area (Å²) in [5, 5.41) is 17.7. The molecule has 0 saturated heterocycles. The number of hydrogen-bond acceptors (Lipinski definition) is 5. The SMILES string of the molecule is CCc1cc(C2=NNC(=S)C2c2ccc3c(c2)NC(=O)CO3)c(O)cc1C. The van der Waals surface area contributed by atoms with Crippen molar-refractivity contribution in [2.45, 2.75) is 26.2 Å². The molecule has 3 N–H and O–H groups in total. The number of thiocarbonyl (C=S) groups is 1. The largest absolute Gasteiger partial charge is 0.507 e. The van der Waals surface area contributed by atoms with Gasteiger partial charge < -0.3 is 15.2 Å². The van der Waals surface area contributed by atoms with Crippen LogP contribution in [0.25, 0.3) is 0 Å².